The number of carbonyl (C=O) groups is 1. The molecule has 0 unspecified atom stereocenters. The number of hydrogen-bond acceptors (Lipinski definition) is 3. The molecule has 0 aromatic carbocycles. The van der Waals surface area contributed by atoms with Crippen molar-refractivity contribution in [2.75, 3.05) is 12.5 Å². The molecule has 1 aliphatic rings. The molecule has 0 bridgehead atoms. The van der Waals surface area contributed by atoms with Gasteiger partial charge in [-0.3, -0.25) is 0 Å². The Balaban J connectivity index is 2.59. The van der Waals surface area contributed by atoms with Crippen molar-refractivity contribution in [3.05, 3.63) is 22.3 Å². The minimum atomic E-state index is -1.12. The van der Waals surface area contributed by atoms with Gasteiger partial charge in [0.05, 0.1) is 0 Å². The number of hydrogen-bond donors (Lipinski definition) is 1. The van der Waals surface area contributed by atoms with Crippen molar-refractivity contribution in [2.24, 2.45) is 5.16 Å². The highest BCUT2D eigenvalue weighted by Gasteiger charge is 2.15. The molecule has 0 atom stereocenters. The van der Waals surface area contributed by atoms with Gasteiger partial charge in [-0.15, -0.1) is 11.6 Å². The third-order valence-electron chi connectivity index (χ3n) is 2.82. The average Bonchev–Trinajstić information content (AvgIpc) is 2.28. The highest BCUT2D eigenvalue weighted by molar-refractivity contribution is 6.21. The predicted octanol–water partition coefficient (Wildman–Crippen LogP) is 2.74. The van der Waals surface area contributed by atoms with E-state index in [1.54, 1.807) is 0 Å². The largest absolute Gasteiger partial charge is 0.477 e. The van der Waals surface area contributed by atoms with Gasteiger partial charge in [0, 0.05) is 5.88 Å². The maximum Gasteiger partial charge on any atom is 0.350 e. The average molecular weight is 258 g/mol. The lowest BCUT2D eigenvalue weighted by molar-refractivity contribution is -0.129. The first-order chi connectivity index (χ1) is 8.04. The number of nitrogens with zero attached hydrogens (tertiary/aromatic N) is 1. The highest BCUT2D eigenvalue weighted by atomic mass is 35.5. The summed E-state index contributed by atoms with van der Waals surface area (Å²) in [6.45, 7) is 4.49. The molecule has 1 aliphatic carbocycles. The molecule has 0 spiro atoms. The number of rotatable bonds is 5. The lowest BCUT2D eigenvalue weighted by Crippen LogP contribution is -2.08. The Bertz CT molecular complexity index is 397. The van der Waals surface area contributed by atoms with E-state index >= 15 is 0 Å². The molecule has 0 fully saturated rings. The van der Waals surface area contributed by atoms with Gasteiger partial charge >= 0.3 is 5.97 Å². The first-order valence-electron chi connectivity index (χ1n) is 5.33. The van der Waals surface area contributed by atoms with E-state index in [4.69, 9.17) is 21.5 Å². The van der Waals surface area contributed by atoms with Crippen molar-refractivity contribution < 1.29 is 14.7 Å². The fraction of sp³-hybridized carbons (Fsp3) is 0.500. The van der Waals surface area contributed by atoms with Crippen LogP contribution in [0.3, 0.4) is 0 Å². The van der Waals surface area contributed by atoms with E-state index in [0.717, 1.165) is 30.2 Å². The second kappa shape index (κ2) is 6.45. The van der Waals surface area contributed by atoms with Crippen molar-refractivity contribution in [1.29, 1.82) is 0 Å². The van der Waals surface area contributed by atoms with Gasteiger partial charge in [0.25, 0.3) is 0 Å². The number of aliphatic carboxylic acids is 1. The van der Waals surface area contributed by atoms with Crippen LogP contribution >= 0.6 is 11.6 Å². The summed E-state index contributed by atoms with van der Waals surface area (Å²) in [5, 5.41) is 11.7. The van der Waals surface area contributed by atoms with Crippen LogP contribution in [0.5, 0.6) is 0 Å². The van der Waals surface area contributed by atoms with Crippen LogP contribution in [-0.4, -0.2) is 29.8 Å². The number of carboxylic acids is 1. The van der Waals surface area contributed by atoms with E-state index in [1.165, 1.54) is 11.1 Å². The standard InChI is InChI=1S/C12H16ClNO3/c1-8-3-10(5-13)11(4-9(8)2)7-17-14-6-12(15)16/h6H,3-5,7H2,1-2H3,(H,15,16). The van der Waals surface area contributed by atoms with Crippen molar-refractivity contribution in [1.82, 2.24) is 0 Å². The molecule has 0 aliphatic heterocycles. The molecule has 1 rings (SSSR count). The molecule has 0 saturated heterocycles. The zero-order valence-corrected chi connectivity index (χ0v) is 10.8. The number of halogens is 1. The molecule has 0 aromatic heterocycles. The molecule has 0 heterocycles. The van der Waals surface area contributed by atoms with Crippen molar-refractivity contribution in [3.8, 4) is 0 Å². The van der Waals surface area contributed by atoms with Crippen molar-refractivity contribution in [3.63, 3.8) is 0 Å². The first kappa shape index (κ1) is 13.8. The van der Waals surface area contributed by atoms with Crippen molar-refractivity contribution >= 4 is 23.8 Å². The second-order valence-corrected chi connectivity index (χ2v) is 4.37. The third kappa shape index (κ3) is 4.23. The van der Waals surface area contributed by atoms with Crippen LogP contribution in [0.2, 0.25) is 0 Å². The lowest BCUT2D eigenvalue weighted by atomic mass is 9.88. The zero-order chi connectivity index (χ0) is 12.8. The molecule has 17 heavy (non-hydrogen) atoms. The SMILES string of the molecule is CC1=C(C)CC(CON=CC(=O)O)=C(CCl)C1. The van der Waals surface area contributed by atoms with Gasteiger partial charge in [0.1, 0.15) is 6.61 Å². The Morgan fingerprint density at radius 2 is 2.00 bits per heavy atom. The Hall–Kier alpha value is -1.29. The molecule has 0 saturated carbocycles. The fourth-order valence-electron chi connectivity index (χ4n) is 1.68. The van der Waals surface area contributed by atoms with Crippen LogP contribution in [0.4, 0.5) is 0 Å². The summed E-state index contributed by atoms with van der Waals surface area (Å²) in [6.07, 6.45) is 2.44. The monoisotopic (exact) mass is 257 g/mol. The summed E-state index contributed by atoms with van der Waals surface area (Å²) in [6, 6.07) is 0. The molecule has 94 valence electrons. The Kier molecular flexibility index (Phi) is 5.22. The van der Waals surface area contributed by atoms with E-state index in [1.807, 2.05) is 0 Å². The summed E-state index contributed by atoms with van der Waals surface area (Å²) in [5.41, 5.74) is 4.92. The molecule has 0 radical (unpaired) electrons. The lowest BCUT2D eigenvalue weighted by Gasteiger charge is -2.21. The number of oxime groups is 1. The number of alkyl halides is 1. The molecule has 1 N–H and O–H groups in total. The Morgan fingerprint density at radius 3 is 2.53 bits per heavy atom. The number of allylic oxidation sites excluding steroid dienone is 3. The van der Waals surface area contributed by atoms with Gasteiger partial charge < -0.3 is 9.94 Å². The van der Waals surface area contributed by atoms with Gasteiger partial charge in [-0.2, -0.15) is 0 Å². The molecule has 0 aromatic rings. The van der Waals surface area contributed by atoms with Crippen LogP contribution in [0.1, 0.15) is 26.7 Å². The van der Waals surface area contributed by atoms with Gasteiger partial charge in [-0.05, 0) is 37.8 Å². The zero-order valence-electron chi connectivity index (χ0n) is 9.99. The fourth-order valence-corrected chi connectivity index (χ4v) is 1.97. The first-order valence-corrected chi connectivity index (χ1v) is 5.87. The number of carboxylic acid groups (broad SMARTS) is 1. The minimum Gasteiger partial charge on any atom is -0.477 e. The van der Waals surface area contributed by atoms with Crippen LogP contribution in [-0.2, 0) is 9.63 Å². The van der Waals surface area contributed by atoms with Gasteiger partial charge in [-0.1, -0.05) is 16.3 Å². The van der Waals surface area contributed by atoms with E-state index < -0.39 is 5.97 Å². The van der Waals surface area contributed by atoms with E-state index in [9.17, 15) is 4.79 Å². The maximum atomic E-state index is 10.2. The smallest absolute Gasteiger partial charge is 0.350 e. The third-order valence-corrected chi connectivity index (χ3v) is 3.15. The van der Waals surface area contributed by atoms with Crippen LogP contribution < -0.4 is 0 Å². The van der Waals surface area contributed by atoms with Crippen LogP contribution in [0, 0.1) is 0 Å². The summed E-state index contributed by atoms with van der Waals surface area (Å²) in [5.74, 6) is -0.640. The molecular formula is C12H16ClNO3. The predicted molar refractivity (Wildman–Crippen MR) is 67.4 cm³/mol. The maximum absolute atomic E-state index is 10.2. The second-order valence-electron chi connectivity index (χ2n) is 4.10. The van der Waals surface area contributed by atoms with Gasteiger partial charge in [0.15, 0.2) is 6.21 Å². The van der Waals surface area contributed by atoms with E-state index in [-0.39, 0.29) is 0 Å². The Morgan fingerprint density at radius 1 is 1.41 bits per heavy atom. The Labute approximate surface area is 106 Å². The summed E-state index contributed by atoms with van der Waals surface area (Å²) in [7, 11) is 0. The summed E-state index contributed by atoms with van der Waals surface area (Å²) in [4.78, 5) is 15.1. The van der Waals surface area contributed by atoms with E-state index in [0.29, 0.717) is 12.5 Å². The van der Waals surface area contributed by atoms with Gasteiger partial charge in [0.2, 0.25) is 0 Å². The summed E-state index contributed by atoms with van der Waals surface area (Å²) < 4.78 is 0. The van der Waals surface area contributed by atoms with Crippen molar-refractivity contribution in [2.45, 2.75) is 26.7 Å². The van der Waals surface area contributed by atoms with Gasteiger partial charge in [-0.25, -0.2) is 4.79 Å². The van der Waals surface area contributed by atoms with E-state index in [2.05, 4.69) is 19.0 Å². The highest BCUT2D eigenvalue weighted by Crippen LogP contribution is 2.30. The normalized spacial score (nSPS) is 16.9. The topological polar surface area (TPSA) is 58.9 Å². The molecular weight excluding hydrogens is 242 g/mol. The molecule has 5 heteroatoms. The minimum absolute atomic E-state index is 0.302. The van der Waals surface area contributed by atoms with Crippen LogP contribution in [0.15, 0.2) is 27.4 Å². The molecule has 0 amide bonds. The van der Waals surface area contributed by atoms with Crippen LogP contribution in [0.25, 0.3) is 0 Å². The molecule has 4 nitrogen and oxygen atoms in total. The summed E-state index contributed by atoms with van der Waals surface area (Å²) >= 11 is 5.88. The quantitative estimate of drug-likeness (QED) is 0.357.